The van der Waals surface area contributed by atoms with Gasteiger partial charge in [-0.15, -0.1) is 0 Å². The molecule has 4 atom stereocenters. The third-order valence-electron chi connectivity index (χ3n) is 6.14. The number of aliphatic hydroxyl groups is 1. The Morgan fingerprint density at radius 2 is 1.64 bits per heavy atom. The van der Waals surface area contributed by atoms with Crippen LogP contribution in [0.2, 0.25) is 10.1 Å². The lowest BCUT2D eigenvalue weighted by Crippen LogP contribution is -2.67. The van der Waals surface area contributed by atoms with E-state index in [1.54, 1.807) is 6.92 Å². The van der Waals surface area contributed by atoms with Crippen molar-refractivity contribution in [1.82, 2.24) is 0 Å². The van der Waals surface area contributed by atoms with Crippen molar-refractivity contribution >= 4 is 14.5 Å². The number of fused-ring (bicyclic) bond motifs is 1. The van der Waals surface area contributed by atoms with Gasteiger partial charge in [0.05, 0.1) is 30.8 Å². The SMILES string of the molecule is CCOC(=O)C(C)(C)[C@@H]1CC[C@@H](O)[C@H]2O[Si](C(C)(C)C)(C(C)(C)C)OC[C@H]2O1. The molecule has 0 bridgehead atoms. The highest BCUT2D eigenvalue weighted by Gasteiger charge is 2.63. The van der Waals surface area contributed by atoms with Crippen LogP contribution in [0.5, 0.6) is 0 Å². The number of rotatable bonds is 3. The second kappa shape index (κ2) is 7.98. The Bertz CT molecular complexity index is 548. The monoisotopic (exact) mass is 416 g/mol. The van der Waals surface area contributed by atoms with Gasteiger partial charge in [0.2, 0.25) is 0 Å². The van der Waals surface area contributed by atoms with E-state index in [1.165, 1.54) is 0 Å². The third kappa shape index (κ3) is 4.19. The number of ether oxygens (including phenoxy) is 2. The van der Waals surface area contributed by atoms with Crippen molar-refractivity contribution < 1.29 is 28.2 Å². The molecule has 0 aromatic carbocycles. The Kier molecular flexibility index (Phi) is 6.79. The molecule has 0 radical (unpaired) electrons. The fraction of sp³-hybridized carbons (Fsp3) is 0.952. The van der Waals surface area contributed by atoms with Crippen LogP contribution in [-0.2, 0) is 23.1 Å². The molecule has 28 heavy (non-hydrogen) atoms. The maximum atomic E-state index is 12.5. The second-order valence-corrected chi connectivity index (χ2v) is 15.5. The topological polar surface area (TPSA) is 74.2 Å². The number of carbonyl (C=O) groups excluding carboxylic acids is 1. The van der Waals surface area contributed by atoms with Gasteiger partial charge in [0.25, 0.3) is 0 Å². The summed E-state index contributed by atoms with van der Waals surface area (Å²) in [5.41, 5.74) is -0.801. The molecule has 2 rings (SSSR count). The predicted molar refractivity (Wildman–Crippen MR) is 110 cm³/mol. The van der Waals surface area contributed by atoms with Gasteiger partial charge in [-0.1, -0.05) is 41.5 Å². The molecule has 1 N–H and O–H groups in total. The molecule has 7 heteroatoms. The van der Waals surface area contributed by atoms with Crippen LogP contribution < -0.4 is 0 Å². The smallest absolute Gasteiger partial charge is 0.349 e. The van der Waals surface area contributed by atoms with Crippen LogP contribution in [0.1, 0.15) is 75.2 Å². The molecule has 2 aliphatic heterocycles. The Hall–Kier alpha value is -0.473. The fourth-order valence-electron chi connectivity index (χ4n) is 4.70. The van der Waals surface area contributed by atoms with Crippen molar-refractivity contribution in [2.45, 2.75) is 110 Å². The van der Waals surface area contributed by atoms with Crippen LogP contribution >= 0.6 is 0 Å². The molecule has 2 heterocycles. The fourth-order valence-corrected chi connectivity index (χ4v) is 9.68. The van der Waals surface area contributed by atoms with Crippen molar-refractivity contribution in [1.29, 1.82) is 0 Å². The van der Waals surface area contributed by atoms with Crippen molar-refractivity contribution in [2.75, 3.05) is 13.2 Å². The zero-order valence-corrected chi connectivity index (χ0v) is 20.1. The Morgan fingerprint density at radius 1 is 1.07 bits per heavy atom. The number of carbonyl (C=O) groups is 1. The van der Waals surface area contributed by atoms with Crippen LogP contribution in [0, 0.1) is 5.41 Å². The first-order valence-corrected chi connectivity index (χ1v) is 12.3. The van der Waals surface area contributed by atoms with Crippen molar-refractivity contribution in [2.24, 2.45) is 5.41 Å². The first-order chi connectivity index (χ1) is 12.7. The molecule has 0 aromatic heterocycles. The van der Waals surface area contributed by atoms with E-state index in [2.05, 4.69) is 41.5 Å². The van der Waals surface area contributed by atoms with E-state index in [-0.39, 0.29) is 22.1 Å². The molecule has 0 aromatic rings. The minimum Gasteiger partial charge on any atom is -0.466 e. The highest BCUT2D eigenvalue weighted by atomic mass is 28.4. The summed E-state index contributed by atoms with van der Waals surface area (Å²) in [5, 5.41) is 10.6. The molecular formula is C21H40O6Si. The molecule has 0 spiro atoms. The number of hydrogen-bond acceptors (Lipinski definition) is 6. The first kappa shape index (κ1) is 23.8. The standard InChI is InChI=1S/C21H40O6Si/c1-10-24-18(23)21(8,9)16-12-11-14(22)17-15(26-16)13-25-28(27-17,19(2,3)4)20(5,6)7/h14-17,22H,10-13H2,1-9H3/t14-,15-,16+,17-/m1/s1. The molecule has 2 fully saturated rings. The van der Waals surface area contributed by atoms with E-state index in [0.29, 0.717) is 26.1 Å². The van der Waals surface area contributed by atoms with E-state index in [0.717, 1.165) is 0 Å². The quantitative estimate of drug-likeness (QED) is 0.555. The van der Waals surface area contributed by atoms with E-state index >= 15 is 0 Å². The van der Waals surface area contributed by atoms with Crippen LogP contribution in [-0.4, -0.2) is 57.3 Å². The van der Waals surface area contributed by atoms with Gasteiger partial charge >= 0.3 is 14.5 Å². The van der Waals surface area contributed by atoms with Gasteiger partial charge in [0.15, 0.2) is 0 Å². The highest BCUT2D eigenvalue weighted by molar-refractivity contribution is 6.73. The number of aliphatic hydroxyl groups excluding tert-OH is 1. The zero-order chi connectivity index (χ0) is 21.5. The molecule has 6 nitrogen and oxygen atoms in total. The Labute approximate surface area is 171 Å². The highest BCUT2D eigenvalue weighted by Crippen LogP contribution is 2.55. The molecule has 0 amide bonds. The summed E-state index contributed by atoms with van der Waals surface area (Å²) in [7, 11) is -2.69. The molecule has 0 unspecified atom stereocenters. The van der Waals surface area contributed by atoms with E-state index in [1.807, 2.05) is 13.8 Å². The lowest BCUT2D eigenvalue weighted by molar-refractivity contribution is -0.181. The summed E-state index contributed by atoms with van der Waals surface area (Å²) < 4.78 is 24.8. The maximum Gasteiger partial charge on any atom is 0.349 e. The van der Waals surface area contributed by atoms with Crippen molar-refractivity contribution in [3.63, 3.8) is 0 Å². The minimum atomic E-state index is -2.69. The normalized spacial score (nSPS) is 31.6. The van der Waals surface area contributed by atoms with Gasteiger partial charge in [-0.2, -0.15) is 0 Å². The average molecular weight is 417 g/mol. The third-order valence-corrected chi connectivity index (χ3v) is 11.3. The van der Waals surface area contributed by atoms with Crippen LogP contribution in [0.4, 0.5) is 0 Å². The molecule has 0 saturated carbocycles. The van der Waals surface area contributed by atoms with Crippen molar-refractivity contribution in [3.8, 4) is 0 Å². The van der Waals surface area contributed by atoms with Gasteiger partial charge in [-0.25, -0.2) is 0 Å². The summed E-state index contributed by atoms with van der Waals surface area (Å²) in [6, 6.07) is 0. The van der Waals surface area contributed by atoms with Gasteiger partial charge in [-0.3, -0.25) is 4.79 Å². The van der Waals surface area contributed by atoms with Crippen molar-refractivity contribution in [3.05, 3.63) is 0 Å². The van der Waals surface area contributed by atoms with Crippen LogP contribution in [0.25, 0.3) is 0 Å². The summed E-state index contributed by atoms with van der Waals surface area (Å²) in [5.74, 6) is -0.279. The summed E-state index contributed by atoms with van der Waals surface area (Å²) in [4.78, 5) is 12.5. The van der Waals surface area contributed by atoms with Gasteiger partial charge < -0.3 is 23.4 Å². The molecule has 2 saturated heterocycles. The zero-order valence-electron chi connectivity index (χ0n) is 19.1. The van der Waals surface area contributed by atoms with Gasteiger partial charge in [0, 0.05) is 10.1 Å². The average Bonchev–Trinajstić information content (AvgIpc) is 2.72. The molecule has 164 valence electrons. The van der Waals surface area contributed by atoms with Crippen LogP contribution in [0.3, 0.4) is 0 Å². The van der Waals surface area contributed by atoms with Crippen LogP contribution in [0.15, 0.2) is 0 Å². The van der Waals surface area contributed by atoms with Gasteiger partial charge in [0.1, 0.15) is 12.2 Å². The minimum absolute atomic E-state index is 0.161. The lowest BCUT2D eigenvalue weighted by Gasteiger charge is -2.55. The summed E-state index contributed by atoms with van der Waals surface area (Å²) in [6.07, 6.45) is -0.755. The first-order valence-electron chi connectivity index (χ1n) is 10.5. The predicted octanol–water partition coefficient (Wildman–Crippen LogP) is 3.94. The molecule has 2 aliphatic rings. The largest absolute Gasteiger partial charge is 0.466 e. The maximum absolute atomic E-state index is 12.5. The number of esters is 1. The Morgan fingerprint density at radius 3 is 2.14 bits per heavy atom. The van der Waals surface area contributed by atoms with Gasteiger partial charge in [-0.05, 0) is 33.6 Å². The van der Waals surface area contributed by atoms with E-state index in [9.17, 15) is 9.90 Å². The molecular weight excluding hydrogens is 376 g/mol. The number of hydrogen-bond donors (Lipinski definition) is 1. The summed E-state index contributed by atoms with van der Waals surface area (Å²) in [6.45, 7) is 19.1. The van der Waals surface area contributed by atoms with E-state index in [4.69, 9.17) is 18.3 Å². The second-order valence-electron chi connectivity index (χ2n) is 10.8. The Balaban J connectivity index is 2.29. The van der Waals surface area contributed by atoms with E-state index < -0.39 is 32.3 Å². The lowest BCUT2D eigenvalue weighted by atomic mass is 9.84. The molecule has 0 aliphatic carbocycles. The summed E-state index contributed by atoms with van der Waals surface area (Å²) >= 11 is 0.